The third-order valence-electron chi connectivity index (χ3n) is 3.77. The van der Waals surface area contributed by atoms with E-state index in [4.69, 9.17) is 0 Å². The quantitative estimate of drug-likeness (QED) is 0.378. The molecule has 0 bridgehead atoms. The molecule has 2 aliphatic heterocycles. The molecule has 0 N–H and O–H groups in total. The third-order valence-corrected chi connectivity index (χ3v) is 9.26. The Morgan fingerprint density at radius 2 is 1.50 bits per heavy atom. The monoisotopic (exact) mass is 419 g/mol. The van der Waals surface area contributed by atoms with Crippen LogP contribution in [0.25, 0.3) is 0 Å². The Kier molecular flexibility index (Phi) is 6.60. The SMILES string of the molecule is N#CC(=C1SCCS1)C(C(C#N)=C1SCCS1)c1cccc([N+](=O)[O-])c1. The predicted octanol–water partition coefficient (Wildman–Crippen LogP) is 5.11. The molecular weight excluding hydrogens is 406 g/mol. The van der Waals surface area contributed by atoms with Crippen molar-refractivity contribution in [3.05, 3.63) is 59.6 Å². The first-order chi connectivity index (χ1) is 12.7. The van der Waals surface area contributed by atoms with Crippen molar-refractivity contribution in [3.63, 3.8) is 0 Å². The zero-order chi connectivity index (χ0) is 18.5. The summed E-state index contributed by atoms with van der Waals surface area (Å²) < 4.78 is 1.84. The Balaban J connectivity index is 2.20. The van der Waals surface area contributed by atoms with Gasteiger partial charge in [0.1, 0.15) is 0 Å². The van der Waals surface area contributed by atoms with Gasteiger partial charge in [0.25, 0.3) is 5.69 Å². The summed E-state index contributed by atoms with van der Waals surface area (Å²) in [7, 11) is 0. The molecule has 0 aliphatic carbocycles. The number of nitro benzene ring substituents is 1. The van der Waals surface area contributed by atoms with Gasteiger partial charge in [0.2, 0.25) is 0 Å². The maximum absolute atomic E-state index is 11.2. The fourth-order valence-electron chi connectivity index (χ4n) is 2.68. The van der Waals surface area contributed by atoms with Gasteiger partial charge < -0.3 is 0 Å². The zero-order valence-electron chi connectivity index (χ0n) is 13.5. The highest BCUT2D eigenvalue weighted by molar-refractivity contribution is 8.25. The standard InChI is InChI=1S/C17H13N3O2S4/c18-9-13(16-23-4-5-24-16)15(14(10-19)17-25-6-7-26-17)11-2-1-3-12(8-11)20(21)22/h1-3,8,15H,4-7H2. The molecule has 0 unspecified atom stereocenters. The second-order valence-corrected chi connectivity index (χ2v) is 10.2. The fraction of sp³-hybridized carbons (Fsp3) is 0.294. The third kappa shape index (κ3) is 4.07. The minimum atomic E-state index is -0.564. The number of nitrogens with zero attached hydrogens (tertiary/aromatic N) is 3. The van der Waals surface area contributed by atoms with E-state index in [1.54, 1.807) is 59.2 Å². The Bertz CT molecular complexity index is 823. The molecule has 3 rings (SSSR count). The van der Waals surface area contributed by atoms with Gasteiger partial charge in [-0.2, -0.15) is 10.5 Å². The van der Waals surface area contributed by atoms with Crippen LogP contribution in [0.4, 0.5) is 5.69 Å². The molecule has 0 atom stereocenters. The number of hydrogen-bond donors (Lipinski definition) is 0. The molecule has 26 heavy (non-hydrogen) atoms. The summed E-state index contributed by atoms with van der Waals surface area (Å²) in [5.41, 5.74) is 1.63. The van der Waals surface area contributed by atoms with Crippen LogP contribution >= 0.6 is 47.0 Å². The summed E-state index contributed by atoms with van der Waals surface area (Å²) in [5.74, 6) is 3.14. The van der Waals surface area contributed by atoms with E-state index in [0.717, 1.165) is 31.5 Å². The van der Waals surface area contributed by atoms with Crippen molar-refractivity contribution < 1.29 is 4.92 Å². The molecule has 0 amide bonds. The number of allylic oxidation sites excluding steroid dienone is 2. The topological polar surface area (TPSA) is 90.7 Å². The molecule has 1 aromatic carbocycles. The minimum absolute atomic E-state index is 0.0319. The van der Waals surface area contributed by atoms with Gasteiger partial charge in [0, 0.05) is 35.1 Å². The van der Waals surface area contributed by atoms with Crippen molar-refractivity contribution in [2.45, 2.75) is 5.92 Å². The average Bonchev–Trinajstić information content (AvgIpc) is 3.36. The largest absolute Gasteiger partial charge is 0.269 e. The van der Waals surface area contributed by atoms with Gasteiger partial charge in [-0.05, 0) is 5.56 Å². The van der Waals surface area contributed by atoms with Crippen LogP contribution in [0.15, 0.2) is 43.9 Å². The van der Waals surface area contributed by atoms with Crippen LogP contribution in [0.2, 0.25) is 0 Å². The van der Waals surface area contributed by atoms with E-state index in [9.17, 15) is 20.6 Å². The van der Waals surface area contributed by atoms with Crippen molar-refractivity contribution in [3.8, 4) is 12.1 Å². The van der Waals surface area contributed by atoms with Crippen LogP contribution in [0, 0.1) is 32.8 Å². The summed E-state index contributed by atoms with van der Waals surface area (Å²) in [5, 5.41) is 30.9. The molecule has 0 spiro atoms. The number of nitro groups is 1. The highest BCUT2D eigenvalue weighted by Gasteiger charge is 2.31. The van der Waals surface area contributed by atoms with Crippen LogP contribution < -0.4 is 0 Å². The van der Waals surface area contributed by atoms with Crippen LogP contribution in [-0.2, 0) is 0 Å². The second kappa shape index (κ2) is 8.92. The molecule has 132 valence electrons. The van der Waals surface area contributed by atoms with E-state index < -0.39 is 10.8 Å². The van der Waals surface area contributed by atoms with Gasteiger partial charge in [-0.25, -0.2) is 0 Å². The second-order valence-electron chi connectivity index (χ2n) is 5.30. The first kappa shape index (κ1) is 19.2. The molecule has 2 saturated heterocycles. The molecule has 2 heterocycles. The van der Waals surface area contributed by atoms with Gasteiger partial charge in [-0.3, -0.25) is 10.1 Å². The Morgan fingerprint density at radius 1 is 1.00 bits per heavy atom. The summed E-state index contributed by atoms with van der Waals surface area (Å²) in [6.45, 7) is 0. The highest BCUT2D eigenvalue weighted by atomic mass is 32.2. The molecule has 5 nitrogen and oxygen atoms in total. The number of benzene rings is 1. The highest BCUT2D eigenvalue weighted by Crippen LogP contribution is 2.49. The Hall–Kier alpha value is -1.52. The minimum Gasteiger partial charge on any atom is -0.258 e. The molecule has 1 aromatic rings. The molecule has 9 heteroatoms. The lowest BCUT2D eigenvalue weighted by Gasteiger charge is -2.19. The molecule has 0 aromatic heterocycles. The van der Waals surface area contributed by atoms with Crippen molar-refractivity contribution in [1.29, 1.82) is 10.5 Å². The van der Waals surface area contributed by atoms with E-state index in [1.807, 2.05) is 0 Å². The normalized spacial score (nSPS) is 16.4. The number of non-ortho nitro benzene ring substituents is 1. The number of thioether (sulfide) groups is 4. The molecule has 0 saturated carbocycles. The first-order valence-corrected chi connectivity index (χ1v) is 11.6. The van der Waals surface area contributed by atoms with Crippen LogP contribution in [-0.4, -0.2) is 27.9 Å². The van der Waals surface area contributed by atoms with Crippen molar-refractivity contribution in [1.82, 2.24) is 0 Å². The van der Waals surface area contributed by atoms with Crippen molar-refractivity contribution in [2.75, 3.05) is 23.0 Å². The van der Waals surface area contributed by atoms with Gasteiger partial charge >= 0.3 is 0 Å². The average molecular weight is 420 g/mol. The van der Waals surface area contributed by atoms with E-state index in [1.165, 1.54) is 12.1 Å². The molecule has 0 radical (unpaired) electrons. The number of hydrogen-bond acceptors (Lipinski definition) is 8. The van der Waals surface area contributed by atoms with Crippen LogP contribution in [0.3, 0.4) is 0 Å². The summed E-state index contributed by atoms with van der Waals surface area (Å²) in [6, 6.07) is 10.9. The number of rotatable bonds is 4. The van der Waals surface area contributed by atoms with E-state index in [2.05, 4.69) is 12.1 Å². The maximum atomic E-state index is 11.2. The first-order valence-electron chi connectivity index (χ1n) is 7.69. The maximum Gasteiger partial charge on any atom is 0.269 e. The lowest BCUT2D eigenvalue weighted by molar-refractivity contribution is -0.384. The lowest BCUT2D eigenvalue weighted by Crippen LogP contribution is -2.07. The van der Waals surface area contributed by atoms with Gasteiger partial charge in [0.05, 0.1) is 42.6 Å². The summed E-state index contributed by atoms with van der Waals surface area (Å²) in [6.07, 6.45) is 0. The van der Waals surface area contributed by atoms with Gasteiger partial charge in [0.15, 0.2) is 0 Å². The Labute approximate surface area is 168 Å². The summed E-state index contributed by atoms with van der Waals surface area (Å²) in [4.78, 5) is 10.8. The van der Waals surface area contributed by atoms with E-state index in [0.29, 0.717) is 16.7 Å². The molecule has 2 aliphatic rings. The van der Waals surface area contributed by atoms with Crippen molar-refractivity contribution in [2.24, 2.45) is 0 Å². The zero-order valence-corrected chi connectivity index (χ0v) is 16.8. The molecular formula is C17H13N3O2S4. The smallest absolute Gasteiger partial charge is 0.258 e. The summed E-state index contributed by atoms with van der Waals surface area (Å²) >= 11 is 6.48. The van der Waals surface area contributed by atoms with E-state index >= 15 is 0 Å². The van der Waals surface area contributed by atoms with E-state index in [-0.39, 0.29) is 5.69 Å². The van der Waals surface area contributed by atoms with Crippen LogP contribution in [0.1, 0.15) is 11.5 Å². The van der Waals surface area contributed by atoms with Crippen molar-refractivity contribution >= 4 is 52.7 Å². The predicted molar refractivity (Wildman–Crippen MR) is 111 cm³/mol. The Morgan fingerprint density at radius 3 is 1.92 bits per heavy atom. The lowest BCUT2D eigenvalue weighted by atomic mass is 9.86. The molecule has 2 fully saturated rings. The number of nitriles is 2. The van der Waals surface area contributed by atoms with Gasteiger partial charge in [-0.1, -0.05) is 12.1 Å². The van der Waals surface area contributed by atoms with Crippen LogP contribution in [0.5, 0.6) is 0 Å². The fourth-order valence-corrected chi connectivity index (χ4v) is 7.70. The van der Waals surface area contributed by atoms with Gasteiger partial charge in [-0.15, -0.1) is 47.0 Å².